The molecule has 0 N–H and O–H groups in total. The van der Waals surface area contributed by atoms with Gasteiger partial charge in [-0.15, -0.1) is 0 Å². The van der Waals surface area contributed by atoms with Gasteiger partial charge in [0.2, 0.25) is 0 Å². The van der Waals surface area contributed by atoms with Gasteiger partial charge >= 0.3 is 0 Å². The number of hydrogen-bond donors (Lipinski definition) is 0. The molecule has 0 saturated carbocycles. The van der Waals surface area contributed by atoms with Crippen LogP contribution >= 0.6 is 0 Å². The van der Waals surface area contributed by atoms with Gasteiger partial charge in [0.15, 0.2) is 0 Å². The van der Waals surface area contributed by atoms with Crippen LogP contribution in [0.1, 0.15) is 0 Å². The SMILES string of the molecule is c1ccc(-n2c3ccc(-c4ccc(-c5ccc6c(ccc7ccccc76)c5)cc4)cc3c3cc(-c4ccc5c(ccc6ccccc65)c4)ccc32)cc1. The molecule has 1 heteroatoms. The zero-order valence-electron chi connectivity index (χ0n) is 29.0. The van der Waals surface area contributed by atoms with E-state index >= 15 is 0 Å². The van der Waals surface area contributed by atoms with Gasteiger partial charge in [-0.2, -0.15) is 0 Å². The fraction of sp³-hybridized carbons (Fsp3) is 0. The van der Waals surface area contributed by atoms with Crippen LogP contribution in [0.3, 0.4) is 0 Å². The van der Waals surface area contributed by atoms with Crippen molar-refractivity contribution in [3.63, 3.8) is 0 Å². The Bertz CT molecular complexity index is 3200. The lowest BCUT2D eigenvalue weighted by Crippen LogP contribution is -1.93. The highest BCUT2D eigenvalue weighted by molar-refractivity contribution is 6.13. The van der Waals surface area contributed by atoms with Gasteiger partial charge in [-0.25, -0.2) is 0 Å². The van der Waals surface area contributed by atoms with Crippen molar-refractivity contribution in [2.24, 2.45) is 0 Å². The van der Waals surface area contributed by atoms with Crippen molar-refractivity contribution in [2.75, 3.05) is 0 Å². The molecule has 11 rings (SSSR count). The van der Waals surface area contributed by atoms with Crippen LogP contribution in [0.5, 0.6) is 0 Å². The zero-order chi connectivity index (χ0) is 34.9. The molecule has 1 nitrogen and oxygen atoms in total. The predicted octanol–water partition coefficient (Wildman–Crippen LogP) is 14.4. The Hall–Kier alpha value is -6.96. The summed E-state index contributed by atoms with van der Waals surface area (Å²) in [5.74, 6) is 0. The topological polar surface area (TPSA) is 4.93 Å². The van der Waals surface area contributed by atoms with Gasteiger partial charge in [0.05, 0.1) is 11.0 Å². The first-order chi connectivity index (χ1) is 26.2. The highest BCUT2D eigenvalue weighted by Gasteiger charge is 2.15. The normalized spacial score (nSPS) is 11.8. The van der Waals surface area contributed by atoms with Crippen LogP contribution in [0.2, 0.25) is 0 Å². The Morgan fingerprint density at radius 1 is 0.226 bits per heavy atom. The molecule has 0 aliphatic rings. The van der Waals surface area contributed by atoms with Crippen molar-refractivity contribution in [1.82, 2.24) is 4.57 Å². The molecule has 0 fully saturated rings. The quantitative estimate of drug-likeness (QED) is 0.164. The molecular weight excluding hydrogens is 639 g/mol. The molecule has 0 atom stereocenters. The molecule has 0 bridgehead atoms. The van der Waals surface area contributed by atoms with E-state index in [1.807, 2.05) is 0 Å². The molecule has 0 amide bonds. The molecule has 10 aromatic carbocycles. The molecule has 1 aromatic heterocycles. The van der Waals surface area contributed by atoms with Crippen LogP contribution in [0.15, 0.2) is 200 Å². The van der Waals surface area contributed by atoms with Crippen molar-refractivity contribution in [1.29, 1.82) is 0 Å². The predicted molar refractivity (Wildman–Crippen MR) is 227 cm³/mol. The number of benzene rings is 10. The molecule has 246 valence electrons. The largest absolute Gasteiger partial charge is 0.309 e. The van der Waals surface area contributed by atoms with E-state index in [9.17, 15) is 0 Å². The fourth-order valence-corrected chi connectivity index (χ4v) is 8.48. The van der Waals surface area contributed by atoms with E-state index in [2.05, 4.69) is 205 Å². The first kappa shape index (κ1) is 29.7. The molecule has 0 spiro atoms. The number of aromatic nitrogens is 1. The minimum Gasteiger partial charge on any atom is -0.309 e. The van der Waals surface area contributed by atoms with Crippen molar-refractivity contribution in [3.05, 3.63) is 200 Å². The lowest BCUT2D eigenvalue weighted by Gasteiger charge is -2.10. The van der Waals surface area contributed by atoms with Crippen molar-refractivity contribution >= 4 is 64.9 Å². The Morgan fingerprint density at radius 3 is 1.15 bits per heavy atom. The van der Waals surface area contributed by atoms with Crippen LogP contribution in [-0.4, -0.2) is 4.57 Å². The maximum atomic E-state index is 2.40. The molecule has 0 unspecified atom stereocenters. The first-order valence-corrected chi connectivity index (χ1v) is 18.3. The van der Waals surface area contributed by atoms with Gasteiger partial charge in [-0.05, 0) is 125 Å². The Kier molecular flexibility index (Phi) is 6.62. The number of nitrogens with zero attached hydrogens (tertiary/aromatic N) is 1. The minimum absolute atomic E-state index is 1.17. The summed E-state index contributed by atoms with van der Waals surface area (Å²) in [7, 11) is 0. The van der Waals surface area contributed by atoms with Gasteiger partial charge in [0, 0.05) is 16.5 Å². The fourth-order valence-electron chi connectivity index (χ4n) is 8.48. The van der Waals surface area contributed by atoms with Crippen LogP contribution in [-0.2, 0) is 0 Å². The molecule has 0 saturated heterocycles. The number of fused-ring (bicyclic) bond motifs is 9. The van der Waals surface area contributed by atoms with E-state index in [0.29, 0.717) is 0 Å². The Morgan fingerprint density at radius 2 is 0.604 bits per heavy atom. The lowest BCUT2D eigenvalue weighted by molar-refractivity contribution is 1.18. The van der Waals surface area contributed by atoms with Crippen molar-refractivity contribution < 1.29 is 0 Å². The second-order valence-corrected chi connectivity index (χ2v) is 14.2. The summed E-state index contributed by atoms with van der Waals surface area (Å²) < 4.78 is 2.40. The summed E-state index contributed by atoms with van der Waals surface area (Å²) in [6.07, 6.45) is 0. The van der Waals surface area contributed by atoms with Crippen LogP contribution in [0, 0.1) is 0 Å². The summed E-state index contributed by atoms with van der Waals surface area (Å²) in [5, 5.41) is 12.8. The van der Waals surface area contributed by atoms with Gasteiger partial charge < -0.3 is 4.57 Å². The summed E-state index contributed by atoms with van der Waals surface area (Å²) in [4.78, 5) is 0. The third-order valence-corrected chi connectivity index (χ3v) is 11.2. The molecule has 1 heterocycles. The molecular formula is C52H33N. The second kappa shape index (κ2) is 11.8. The summed E-state index contributed by atoms with van der Waals surface area (Å²) in [5.41, 5.74) is 10.9. The minimum atomic E-state index is 1.17. The standard InChI is InChI=1S/C52H33N/c1-2-10-44(11-3-1)53-51-28-24-40(35-16-14-34(15-17-35)38-22-26-47-42(30-38)20-18-36-8-4-6-12-45(36)47)32-49(51)50-33-41(25-29-52(50)53)39-23-27-48-43(31-39)21-19-37-9-5-7-13-46(37)48/h1-33H. The number of rotatable bonds is 4. The first-order valence-electron chi connectivity index (χ1n) is 18.3. The number of para-hydroxylation sites is 1. The summed E-state index contributed by atoms with van der Waals surface area (Å²) in [6, 6.07) is 73.6. The van der Waals surface area contributed by atoms with E-state index < -0.39 is 0 Å². The van der Waals surface area contributed by atoms with E-state index in [1.165, 1.54) is 104 Å². The number of hydrogen-bond acceptors (Lipinski definition) is 0. The van der Waals surface area contributed by atoms with Crippen LogP contribution in [0.25, 0.3) is 104 Å². The monoisotopic (exact) mass is 671 g/mol. The van der Waals surface area contributed by atoms with Gasteiger partial charge in [0.1, 0.15) is 0 Å². The Balaban J connectivity index is 1.02. The zero-order valence-corrected chi connectivity index (χ0v) is 29.0. The summed E-state index contributed by atoms with van der Waals surface area (Å²) in [6.45, 7) is 0. The van der Waals surface area contributed by atoms with Gasteiger partial charge in [0.25, 0.3) is 0 Å². The van der Waals surface area contributed by atoms with Crippen LogP contribution in [0.4, 0.5) is 0 Å². The molecule has 0 aliphatic heterocycles. The molecule has 11 aromatic rings. The van der Waals surface area contributed by atoms with E-state index in [4.69, 9.17) is 0 Å². The van der Waals surface area contributed by atoms with E-state index in [1.54, 1.807) is 0 Å². The highest BCUT2D eigenvalue weighted by atomic mass is 15.0. The maximum absolute atomic E-state index is 2.40. The average Bonchev–Trinajstić information content (AvgIpc) is 3.56. The van der Waals surface area contributed by atoms with Crippen molar-refractivity contribution in [2.45, 2.75) is 0 Å². The third-order valence-electron chi connectivity index (χ3n) is 11.2. The third kappa shape index (κ3) is 4.86. The smallest absolute Gasteiger partial charge is 0.0541 e. The second-order valence-electron chi connectivity index (χ2n) is 14.2. The molecule has 53 heavy (non-hydrogen) atoms. The maximum Gasteiger partial charge on any atom is 0.0541 e. The molecule has 0 aliphatic carbocycles. The van der Waals surface area contributed by atoms with Gasteiger partial charge in [-0.3, -0.25) is 0 Å². The lowest BCUT2D eigenvalue weighted by atomic mass is 9.95. The Labute approximate surface area is 307 Å². The summed E-state index contributed by atoms with van der Waals surface area (Å²) >= 11 is 0. The van der Waals surface area contributed by atoms with Crippen molar-refractivity contribution in [3.8, 4) is 39.1 Å². The average molecular weight is 672 g/mol. The van der Waals surface area contributed by atoms with E-state index in [0.717, 1.165) is 0 Å². The van der Waals surface area contributed by atoms with Gasteiger partial charge in [-0.1, -0.05) is 152 Å². The highest BCUT2D eigenvalue weighted by Crippen LogP contribution is 2.39. The molecule has 0 radical (unpaired) electrons. The van der Waals surface area contributed by atoms with E-state index in [-0.39, 0.29) is 0 Å². The van der Waals surface area contributed by atoms with Crippen LogP contribution < -0.4 is 0 Å².